The molecule has 1 saturated heterocycles. The van der Waals surface area contributed by atoms with E-state index in [-0.39, 0.29) is 25.3 Å². The van der Waals surface area contributed by atoms with Gasteiger partial charge in [0.25, 0.3) is 0 Å². The van der Waals surface area contributed by atoms with Crippen LogP contribution < -0.4 is 0 Å². The van der Waals surface area contributed by atoms with Gasteiger partial charge in [0.2, 0.25) is 5.91 Å². The fourth-order valence-corrected chi connectivity index (χ4v) is 1.80. The van der Waals surface area contributed by atoms with Crippen LogP contribution in [0.5, 0.6) is 0 Å². The van der Waals surface area contributed by atoms with Crippen LogP contribution in [0.25, 0.3) is 0 Å². The molecule has 0 spiro atoms. The van der Waals surface area contributed by atoms with Crippen molar-refractivity contribution in [3.8, 4) is 12.3 Å². The van der Waals surface area contributed by atoms with Gasteiger partial charge in [-0.3, -0.25) is 9.59 Å². The summed E-state index contributed by atoms with van der Waals surface area (Å²) in [5.41, 5.74) is 0. The summed E-state index contributed by atoms with van der Waals surface area (Å²) < 4.78 is 4.53. The summed E-state index contributed by atoms with van der Waals surface area (Å²) in [7, 11) is 1.23. The zero-order chi connectivity index (χ0) is 13.0. The minimum atomic E-state index is -1.16. The van der Waals surface area contributed by atoms with Gasteiger partial charge in [-0.05, 0) is 0 Å². The molecule has 0 aromatic carbocycles. The summed E-state index contributed by atoms with van der Waals surface area (Å²) in [5, 5.41) is 8.96. The topological polar surface area (TPSA) is 83.9 Å². The number of aliphatic carboxylic acids is 1. The molecule has 0 saturated carbocycles. The Morgan fingerprint density at radius 1 is 1.71 bits per heavy atom. The third-order valence-corrected chi connectivity index (χ3v) is 2.67. The maximum absolute atomic E-state index is 11.6. The molecule has 0 aromatic rings. The van der Waals surface area contributed by atoms with Gasteiger partial charge in [0.15, 0.2) is 0 Å². The number of nitrogens with zero attached hydrogens (tertiary/aromatic N) is 1. The molecule has 6 nitrogen and oxygen atoms in total. The Balaban J connectivity index is 2.79. The number of carboxylic acids is 1. The highest BCUT2D eigenvalue weighted by Crippen LogP contribution is 2.22. The molecule has 2 unspecified atom stereocenters. The van der Waals surface area contributed by atoms with E-state index in [1.807, 2.05) is 0 Å². The second kappa shape index (κ2) is 5.34. The standard InChI is InChI=1S/C11H13NO5/c1-3-4-8(10(14)15)12-6-7(5-9(12)13)11(16)17-2/h1,7-8H,4-6H2,2H3,(H,14,15). The predicted octanol–water partition coefficient (Wildman–Crippen LogP) is -0.516. The number of hydrogen-bond acceptors (Lipinski definition) is 4. The van der Waals surface area contributed by atoms with Gasteiger partial charge >= 0.3 is 11.9 Å². The minimum absolute atomic E-state index is 0.0268. The van der Waals surface area contributed by atoms with Gasteiger partial charge in [-0.25, -0.2) is 4.79 Å². The van der Waals surface area contributed by atoms with Gasteiger partial charge in [0, 0.05) is 19.4 Å². The van der Waals surface area contributed by atoms with E-state index in [9.17, 15) is 14.4 Å². The van der Waals surface area contributed by atoms with Crippen molar-refractivity contribution < 1.29 is 24.2 Å². The lowest BCUT2D eigenvalue weighted by Crippen LogP contribution is -2.42. The average molecular weight is 239 g/mol. The second-order valence-corrected chi connectivity index (χ2v) is 3.73. The number of rotatable bonds is 4. The van der Waals surface area contributed by atoms with E-state index in [2.05, 4.69) is 10.7 Å². The van der Waals surface area contributed by atoms with Crippen LogP contribution in [-0.4, -0.2) is 47.5 Å². The van der Waals surface area contributed by atoms with Gasteiger partial charge in [-0.1, -0.05) is 0 Å². The first-order valence-electron chi connectivity index (χ1n) is 5.04. The lowest BCUT2D eigenvalue weighted by Gasteiger charge is -2.22. The Kier molecular flexibility index (Phi) is 4.10. The highest BCUT2D eigenvalue weighted by Gasteiger charge is 2.40. The molecular weight excluding hydrogens is 226 g/mol. The van der Waals surface area contributed by atoms with Gasteiger partial charge in [-0.15, -0.1) is 12.3 Å². The molecule has 1 heterocycles. The Morgan fingerprint density at radius 3 is 2.82 bits per heavy atom. The number of amides is 1. The van der Waals surface area contributed by atoms with Gasteiger partial charge < -0.3 is 14.7 Å². The molecule has 1 aliphatic rings. The first-order valence-corrected chi connectivity index (χ1v) is 5.04. The Hall–Kier alpha value is -2.03. The van der Waals surface area contributed by atoms with Gasteiger partial charge in [0.05, 0.1) is 13.0 Å². The van der Waals surface area contributed by atoms with E-state index in [1.54, 1.807) is 0 Å². The third-order valence-electron chi connectivity index (χ3n) is 2.67. The van der Waals surface area contributed by atoms with Crippen LogP contribution in [0.1, 0.15) is 12.8 Å². The molecule has 0 aromatic heterocycles. The van der Waals surface area contributed by atoms with E-state index in [0.717, 1.165) is 4.90 Å². The number of ether oxygens (including phenoxy) is 1. The molecule has 92 valence electrons. The van der Waals surface area contributed by atoms with Crippen molar-refractivity contribution in [2.75, 3.05) is 13.7 Å². The number of likely N-dealkylation sites (tertiary alicyclic amines) is 1. The first kappa shape index (κ1) is 13.0. The van der Waals surface area contributed by atoms with Crippen LogP contribution in [0.15, 0.2) is 0 Å². The molecular formula is C11H13NO5. The smallest absolute Gasteiger partial charge is 0.327 e. The number of hydrogen-bond donors (Lipinski definition) is 1. The van der Waals surface area contributed by atoms with Crippen LogP contribution in [-0.2, 0) is 19.1 Å². The summed E-state index contributed by atoms with van der Waals surface area (Å²) >= 11 is 0. The Morgan fingerprint density at radius 2 is 2.35 bits per heavy atom. The van der Waals surface area contributed by atoms with E-state index >= 15 is 0 Å². The van der Waals surface area contributed by atoms with Crippen LogP contribution in [0, 0.1) is 18.3 Å². The minimum Gasteiger partial charge on any atom is -0.480 e. The van der Waals surface area contributed by atoms with E-state index in [1.165, 1.54) is 7.11 Å². The highest BCUT2D eigenvalue weighted by atomic mass is 16.5. The third kappa shape index (κ3) is 2.75. The molecule has 1 fully saturated rings. The monoisotopic (exact) mass is 239 g/mol. The number of carbonyl (C=O) groups is 3. The maximum Gasteiger partial charge on any atom is 0.327 e. The van der Waals surface area contributed by atoms with Crippen molar-refractivity contribution in [3.63, 3.8) is 0 Å². The zero-order valence-corrected chi connectivity index (χ0v) is 9.38. The number of terminal acetylenes is 1. The van der Waals surface area contributed by atoms with Crippen molar-refractivity contribution in [1.82, 2.24) is 4.90 Å². The van der Waals surface area contributed by atoms with Crippen molar-refractivity contribution >= 4 is 17.8 Å². The molecule has 1 aliphatic heterocycles. The quantitative estimate of drug-likeness (QED) is 0.527. The van der Waals surface area contributed by atoms with Crippen LogP contribution in [0.2, 0.25) is 0 Å². The van der Waals surface area contributed by atoms with E-state index in [0.29, 0.717) is 0 Å². The van der Waals surface area contributed by atoms with Gasteiger partial charge in [-0.2, -0.15) is 0 Å². The average Bonchev–Trinajstić information content (AvgIpc) is 2.66. The molecule has 1 N–H and O–H groups in total. The molecule has 6 heteroatoms. The maximum atomic E-state index is 11.6. The van der Waals surface area contributed by atoms with Crippen molar-refractivity contribution in [1.29, 1.82) is 0 Å². The molecule has 0 radical (unpaired) electrons. The summed E-state index contributed by atoms with van der Waals surface area (Å²) in [6.07, 6.45) is 4.96. The number of carboxylic acid groups (broad SMARTS) is 1. The summed E-state index contributed by atoms with van der Waals surface area (Å²) in [5.74, 6) is -0.450. The summed E-state index contributed by atoms with van der Waals surface area (Å²) in [4.78, 5) is 35.0. The largest absolute Gasteiger partial charge is 0.480 e. The Bertz CT molecular complexity index is 384. The van der Waals surface area contributed by atoms with E-state index in [4.69, 9.17) is 11.5 Å². The SMILES string of the molecule is C#CCC(C(=O)O)N1CC(C(=O)OC)CC1=O. The summed E-state index contributed by atoms with van der Waals surface area (Å²) in [6.45, 7) is 0.0458. The van der Waals surface area contributed by atoms with Crippen molar-refractivity contribution in [3.05, 3.63) is 0 Å². The second-order valence-electron chi connectivity index (χ2n) is 3.73. The fraction of sp³-hybridized carbons (Fsp3) is 0.545. The first-order chi connectivity index (χ1) is 8.01. The predicted molar refractivity (Wildman–Crippen MR) is 56.7 cm³/mol. The van der Waals surface area contributed by atoms with Crippen LogP contribution in [0.4, 0.5) is 0 Å². The molecule has 17 heavy (non-hydrogen) atoms. The van der Waals surface area contributed by atoms with Crippen LogP contribution >= 0.6 is 0 Å². The van der Waals surface area contributed by atoms with Crippen LogP contribution in [0.3, 0.4) is 0 Å². The summed E-state index contributed by atoms with van der Waals surface area (Å²) in [6, 6.07) is -1.07. The molecule has 2 atom stereocenters. The molecule has 1 rings (SSSR count). The lowest BCUT2D eigenvalue weighted by atomic mass is 10.1. The lowest BCUT2D eigenvalue weighted by molar-refractivity contribution is -0.148. The van der Waals surface area contributed by atoms with Gasteiger partial charge in [0.1, 0.15) is 6.04 Å². The van der Waals surface area contributed by atoms with Crippen molar-refractivity contribution in [2.45, 2.75) is 18.9 Å². The number of methoxy groups -OCH3 is 1. The highest BCUT2D eigenvalue weighted by molar-refractivity contribution is 5.90. The fourth-order valence-electron chi connectivity index (χ4n) is 1.80. The number of carbonyl (C=O) groups excluding carboxylic acids is 2. The number of esters is 1. The Labute approximate surface area is 98.5 Å². The van der Waals surface area contributed by atoms with Crippen molar-refractivity contribution in [2.24, 2.45) is 5.92 Å². The van der Waals surface area contributed by atoms with E-state index < -0.39 is 23.9 Å². The molecule has 0 aliphatic carbocycles. The zero-order valence-electron chi connectivity index (χ0n) is 9.38. The molecule has 1 amide bonds. The molecule has 0 bridgehead atoms. The normalized spacial score (nSPS) is 20.8.